The van der Waals surface area contributed by atoms with Gasteiger partial charge in [0.25, 0.3) is 0 Å². The van der Waals surface area contributed by atoms with Crippen LogP contribution in [0.2, 0.25) is 0 Å². The van der Waals surface area contributed by atoms with E-state index in [1.54, 1.807) is 6.07 Å². The van der Waals surface area contributed by atoms with Gasteiger partial charge < -0.3 is 25.4 Å². The number of rotatable bonds is 10. The number of benzene rings is 5. The number of fused-ring (bicyclic) bond motifs is 1. The zero-order valence-corrected chi connectivity index (χ0v) is 25.7. The van der Waals surface area contributed by atoms with Crippen LogP contribution in [0.15, 0.2) is 27.3 Å². The fourth-order valence-electron chi connectivity index (χ4n) is 7.51. The monoisotopic (exact) mass is 595 g/mol. The van der Waals surface area contributed by atoms with E-state index in [-0.39, 0.29) is 34.7 Å². The first-order valence-corrected chi connectivity index (χ1v) is 15.3. The molecular formula is C36H37NO7. The van der Waals surface area contributed by atoms with Gasteiger partial charge >= 0.3 is 0 Å². The fourth-order valence-corrected chi connectivity index (χ4v) is 7.51. The molecule has 6 rings (SSSR count). The van der Waals surface area contributed by atoms with Crippen molar-refractivity contribution in [3.63, 3.8) is 0 Å². The van der Waals surface area contributed by atoms with Crippen molar-refractivity contribution in [2.75, 3.05) is 19.0 Å². The Labute approximate surface area is 254 Å². The molecule has 0 fully saturated rings. The number of ether oxygens (including phenoxy) is 1. The van der Waals surface area contributed by atoms with E-state index in [0.717, 1.165) is 19.3 Å². The quantitative estimate of drug-likeness (QED) is 0.117. The highest BCUT2D eigenvalue weighted by atomic mass is 16.5. The molecule has 0 aromatic heterocycles. The van der Waals surface area contributed by atoms with E-state index in [2.05, 4.69) is 12.2 Å². The van der Waals surface area contributed by atoms with Crippen molar-refractivity contribution in [2.45, 2.75) is 72.5 Å². The summed E-state index contributed by atoms with van der Waals surface area (Å²) in [4.78, 5) is 41.8. The average Bonchev–Trinajstić information content (AvgIpc) is 3.13. The minimum Gasteiger partial charge on any atom is -0.504 e. The van der Waals surface area contributed by atoms with Crippen LogP contribution in [0.1, 0.15) is 80.7 Å². The van der Waals surface area contributed by atoms with Crippen LogP contribution in [0.25, 0.3) is 49.2 Å². The third kappa shape index (κ3) is 3.94. The van der Waals surface area contributed by atoms with E-state index in [4.69, 9.17) is 4.74 Å². The highest BCUT2D eigenvalue weighted by molar-refractivity contribution is 6.39. The van der Waals surface area contributed by atoms with Gasteiger partial charge in [-0.15, -0.1) is 0 Å². The maximum absolute atomic E-state index is 14.7. The van der Waals surface area contributed by atoms with Crippen LogP contribution in [0.3, 0.4) is 0 Å². The number of phenolic OH excluding ortho intramolecular Hbond substituents is 1. The Morgan fingerprint density at radius 3 is 2.16 bits per heavy atom. The molecule has 0 amide bonds. The summed E-state index contributed by atoms with van der Waals surface area (Å²) in [6.07, 6.45) is 4.86. The summed E-state index contributed by atoms with van der Waals surface area (Å²) >= 11 is 0. The number of carbonyl (C=O) groups is 1. The maximum Gasteiger partial charge on any atom is 0.192 e. The Bertz CT molecular complexity index is 2150. The highest BCUT2D eigenvalue weighted by Crippen LogP contribution is 2.55. The van der Waals surface area contributed by atoms with Crippen LogP contribution in [0, 0.1) is 0 Å². The summed E-state index contributed by atoms with van der Waals surface area (Å²) in [5.74, 6) is -1.35. The summed E-state index contributed by atoms with van der Waals surface area (Å²) in [5, 5.41) is 40.2. The molecule has 0 bridgehead atoms. The fraction of sp³-hybridized carbons (Fsp3) is 0.361. The van der Waals surface area contributed by atoms with Crippen LogP contribution in [0.4, 0.5) is 5.69 Å². The van der Waals surface area contributed by atoms with E-state index >= 15 is 0 Å². The van der Waals surface area contributed by atoms with Crippen molar-refractivity contribution < 1.29 is 24.9 Å². The normalized spacial score (nSPS) is 14.7. The largest absolute Gasteiger partial charge is 0.504 e. The first-order chi connectivity index (χ1) is 21.2. The molecule has 1 unspecified atom stereocenters. The minimum atomic E-state index is -0.826. The Morgan fingerprint density at radius 2 is 1.57 bits per heavy atom. The molecule has 0 aliphatic heterocycles. The van der Waals surface area contributed by atoms with Gasteiger partial charge in [-0.25, -0.2) is 0 Å². The lowest BCUT2D eigenvalue weighted by molar-refractivity contribution is -0.117. The van der Waals surface area contributed by atoms with Gasteiger partial charge in [-0.1, -0.05) is 31.9 Å². The number of aromatic hydroxyl groups is 1. The van der Waals surface area contributed by atoms with E-state index in [0.29, 0.717) is 89.7 Å². The minimum absolute atomic E-state index is 0.0118. The maximum atomic E-state index is 14.7. The van der Waals surface area contributed by atoms with E-state index in [1.807, 2.05) is 19.9 Å². The Hall–Kier alpha value is -4.27. The number of Topliss-reactive ketones (excluding diaryl/α,β-unsaturated/α-hetero) is 1. The third-order valence-electron chi connectivity index (χ3n) is 9.26. The van der Waals surface area contributed by atoms with Crippen LogP contribution < -0.4 is 20.9 Å². The van der Waals surface area contributed by atoms with Crippen molar-refractivity contribution in [1.82, 2.24) is 0 Å². The number of anilines is 1. The summed E-state index contributed by atoms with van der Waals surface area (Å²) < 4.78 is 5.80. The van der Waals surface area contributed by atoms with E-state index < -0.39 is 18.0 Å². The molecule has 8 nitrogen and oxygen atoms in total. The number of aliphatic hydroxyl groups excluding tert-OH is 2. The number of unbranched alkanes of at least 4 members (excludes halogenated alkanes) is 1. The van der Waals surface area contributed by atoms with Gasteiger partial charge in [-0.3, -0.25) is 14.4 Å². The summed E-state index contributed by atoms with van der Waals surface area (Å²) in [6, 6.07) is 3.08. The smallest absolute Gasteiger partial charge is 0.192 e. The van der Waals surface area contributed by atoms with Gasteiger partial charge in [0.2, 0.25) is 0 Å². The highest BCUT2D eigenvalue weighted by Gasteiger charge is 2.36. The second kappa shape index (κ2) is 11.0. The van der Waals surface area contributed by atoms with Crippen LogP contribution in [-0.2, 0) is 24.4 Å². The van der Waals surface area contributed by atoms with Gasteiger partial charge in [-0.2, -0.15) is 0 Å². The molecule has 1 aliphatic rings. The Morgan fingerprint density at radius 1 is 0.909 bits per heavy atom. The number of aliphatic hydroxyl groups is 2. The van der Waals surface area contributed by atoms with Crippen LogP contribution in [0.5, 0.6) is 11.5 Å². The van der Waals surface area contributed by atoms with Gasteiger partial charge in [0, 0.05) is 34.1 Å². The standard InChI is InChI=1S/C36H37NO7/c1-6-8-9-20-21-11-16(3)24(17(4)40)33-32-27(21)30-25(18(14-38)12-22(37-10-7-2)28(30)34(20)42)26-19(15-39)13-23(41)29(31(26)32)35(43)36(33)44-5/h11-13,24,37-39,43H,6-10,14-15H2,1-5H3. The number of hydrogen-bond acceptors (Lipinski definition) is 8. The van der Waals surface area contributed by atoms with Crippen LogP contribution >= 0.6 is 0 Å². The average molecular weight is 596 g/mol. The second-order valence-electron chi connectivity index (χ2n) is 11.9. The molecule has 5 aromatic rings. The number of methoxy groups -OCH3 is 1. The molecule has 0 saturated heterocycles. The molecule has 5 aromatic carbocycles. The predicted molar refractivity (Wildman–Crippen MR) is 176 cm³/mol. The van der Waals surface area contributed by atoms with Crippen molar-refractivity contribution in [2.24, 2.45) is 0 Å². The van der Waals surface area contributed by atoms with Gasteiger partial charge in [0.05, 0.1) is 37.0 Å². The van der Waals surface area contributed by atoms with Gasteiger partial charge in [-0.05, 0) is 83.5 Å². The topological polar surface area (TPSA) is 133 Å². The molecule has 0 saturated carbocycles. The van der Waals surface area contributed by atoms with Gasteiger partial charge in [0.1, 0.15) is 5.78 Å². The molecule has 0 spiro atoms. The Kier molecular flexibility index (Phi) is 7.46. The summed E-state index contributed by atoms with van der Waals surface area (Å²) in [7, 11) is 1.40. The predicted octanol–water partition coefficient (Wildman–Crippen LogP) is 5.85. The number of carbonyl (C=O) groups excluding carboxylic acids is 1. The van der Waals surface area contributed by atoms with Crippen molar-refractivity contribution in [1.29, 1.82) is 0 Å². The molecular weight excluding hydrogens is 558 g/mol. The number of hydrogen-bond donors (Lipinski definition) is 4. The first kappa shape index (κ1) is 29.8. The third-order valence-corrected chi connectivity index (χ3v) is 9.26. The first-order valence-electron chi connectivity index (χ1n) is 15.3. The molecule has 8 heteroatoms. The van der Waals surface area contributed by atoms with E-state index in [1.165, 1.54) is 20.1 Å². The Balaban J connectivity index is 2.12. The van der Waals surface area contributed by atoms with Crippen molar-refractivity contribution >= 4 is 60.6 Å². The number of nitrogens with one attached hydrogen (secondary N) is 1. The lowest BCUT2D eigenvalue weighted by Crippen LogP contribution is -2.17. The molecule has 228 valence electrons. The number of allylic oxidation sites excluding steroid dienone is 1. The second-order valence-corrected chi connectivity index (χ2v) is 11.9. The molecule has 4 N–H and O–H groups in total. The zero-order chi connectivity index (χ0) is 31.6. The molecule has 1 aliphatic carbocycles. The zero-order valence-electron chi connectivity index (χ0n) is 25.7. The van der Waals surface area contributed by atoms with E-state index in [9.17, 15) is 29.7 Å². The molecule has 0 radical (unpaired) electrons. The number of ketones is 1. The summed E-state index contributed by atoms with van der Waals surface area (Å²) in [5.41, 5.74) is 3.21. The lowest BCUT2D eigenvalue weighted by atomic mass is 9.78. The van der Waals surface area contributed by atoms with Crippen LogP contribution in [-0.4, -0.2) is 34.8 Å². The SMILES string of the molecule is CCCCc1c2c3c4c(c(OC)c(O)c5c(=O)cc(CO)c(c6c(CO)cc(NCCC)c(c1=O)c63)c54)C(C(C)=O)C(C)=C2. The van der Waals surface area contributed by atoms with Crippen molar-refractivity contribution in [3.8, 4) is 11.5 Å². The summed E-state index contributed by atoms with van der Waals surface area (Å²) in [6.45, 7) is 7.16. The molecule has 0 heterocycles. The number of phenols is 1. The van der Waals surface area contributed by atoms with Crippen molar-refractivity contribution in [3.05, 3.63) is 66.0 Å². The lowest BCUT2D eigenvalue weighted by Gasteiger charge is -2.26. The molecule has 44 heavy (non-hydrogen) atoms. The van der Waals surface area contributed by atoms with Gasteiger partial charge in [0.15, 0.2) is 22.4 Å². The molecule has 1 atom stereocenters.